The monoisotopic (exact) mass is 181 g/mol. The van der Waals surface area contributed by atoms with Gasteiger partial charge in [-0.2, -0.15) is 0 Å². The summed E-state index contributed by atoms with van der Waals surface area (Å²) in [5, 5.41) is 0. The Kier molecular flexibility index (Phi) is 3.63. The second kappa shape index (κ2) is 4.53. The van der Waals surface area contributed by atoms with Crippen LogP contribution in [0.4, 0.5) is 0 Å². The minimum absolute atomic E-state index is 0.748. The maximum atomic E-state index is 5.44. The van der Waals surface area contributed by atoms with Crippen molar-refractivity contribution >= 4 is 11.8 Å². The van der Waals surface area contributed by atoms with Crippen LogP contribution in [0.2, 0.25) is 0 Å². The Bertz CT molecular complexity index is 258. The van der Waals surface area contributed by atoms with Crippen molar-refractivity contribution in [3.8, 4) is 0 Å². The zero-order valence-electron chi connectivity index (χ0n) is 7.63. The Labute approximate surface area is 78.4 Å². The largest absolute Gasteiger partial charge is 0.330 e. The maximum Gasteiger partial charge on any atom is 0.0103 e. The number of thioether (sulfide) groups is 1. The van der Waals surface area contributed by atoms with Crippen LogP contribution in [-0.2, 0) is 0 Å². The molecule has 66 valence electrons. The third-order valence-corrected chi connectivity index (χ3v) is 2.91. The topological polar surface area (TPSA) is 26.0 Å². The summed E-state index contributed by atoms with van der Waals surface area (Å²) in [6.07, 6.45) is 0. The van der Waals surface area contributed by atoms with E-state index < -0.39 is 0 Å². The second-order valence-electron chi connectivity index (χ2n) is 2.91. The SMILES string of the molecule is Cc1ccc(SCCN)c(C)c1. The van der Waals surface area contributed by atoms with Crippen molar-refractivity contribution in [1.29, 1.82) is 0 Å². The standard InChI is InChI=1S/C10H15NS/c1-8-3-4-10(9(2)7-8)12-6-5-11/h3-4,7H,5-6,11H2,1-2H3. The summed E-state index contributed by atoms with van der Waals surface area (Å²) in [7, 11) is 0. The molecule has 1 aromatic rings. The zero-order chi connectivity index (χ0) is 8.97. The highest BCUT2D eigenvalue weighted by Crippen LogP contribution is 2.22. The average Bonchev–Trinajstić information content (AvgIpc) is 2.03. The van der Waals surface area contributed by atoms with Crippen molar-refractivity contribution in [3.05, 3.63) is 29.3 Å². The van der Waals surface area contributed by atoms with Crippen molar-refractivity contribution in [2.45, 2.75) is 18.7 Å². The molecule has 0 aliphatic rings. The number of rotatable bonds is 3. The average molecular weight is 181 g/mol. The highest BCUT2D eigenvalue weighted by atomic mass is 32.2. The highest BCUT2D eigenvalue weighted by molar-refractivity contribution is 7.99. The fraction of sp³-hybridized carbons (Fsp3) is 0.400. The molecule has 0 unspecified atom stereocenters. The van der Waals surface area contributed by atoms with Gasteiger partial charge < -0.3 is 5.73 Å². The van der Waals surface area contributed by atoms with Crippen LogP contribution < -0.4 is 5.73 Å². The number of aryl methyl sites for hydroxylation is 2. The first-order valence-corrected chi connectivity index (χ1v) is 5.12. The molecule has 0 fully saturated rings. The van der Waals surface area contributed by atoms with Crippen LogP contribution in [0, 0.1) is 13.8 Å². The number of hydrogen-bond acceptors (Lipinski definition) is 2. The summed E-state index contributed by atoms with van der Waals surface area (Å²) >= 11 is 1.83. The molecule has 1 rings (SSSR count). The predicted molar refractivity (Wildman–Crippen MR) is 55.7 cm³/mol. The van der Waals surface area contributed by atoms with Crippen LogP contribution in [0.1, 0.15) is 11.1 Å². The van der Waals surface area contributed by atoms with Crippen molar-refractivity contribution in [2.24, 2.45) is 5.73 Å². The van der Waals surface area contributed by atoms with Gasteiger partial charge in [0.25, 0.3) is 0 Å². The molecule has 0 aliphatic heterocycles. The van der Waals surface area contributed by atoms with Gasteiger partial charge in [0, 0.05) is 17.2 Å². The van der Waals surface area contributed by atoms with Crippen LogP contribution in [0.15, 0.2) is 23.1 Å². The third-order valence-electron chi connectivity index (χ3n) is 1.71. The molecule has 0 heterocycles. The number of nitrogens with two attached hydrogens (primary N) is 1. The Morgan fingerprint density at radius 2 is 2.08 bits per heavy atom. The van der Waals surface area contributed by atoms with Crippen molar-refractivity contribution < 1.29 is 0 Å². The molecule has 0 saturated heterocycles. The van der Waals surface area contributed by atoms with E-state index in [4.69, 9.17) is 5.73 Å². The number of hydrogen-bond donors (Lipinski definition) is 1. The fourth-order valence-corrected chi connectivity index (χ4v) is 1.92. The van der Waals surface area contributed by atoms with Crippen LogP contribution in [0.25, 0.3) is 0 Å². The molecule has 0 saturated carbocycles. The van der Waals surface area contributed by atoms with E-state index in [1.54, 1.807) is 0 Å². The summed E-state index contributed by atoms with van der Waals surface area (Å²) < 4.78 is 0. The van der Waals surface area contributed by atoms with Gasteiger partial charge in [-0.15, -0.1) is 11.8 Å². The van der Waals surface area contributed by atoms with Crippen LogP contribution in [0.3, 0.4) is 0 Å². The molecule has 2 heteroatoms. The van der Waals surface area contributed by atoms with Gasteiger partial charge in [-0.1, -0.05) is 17.7 Å². The predicted octanol–water partition coefficient (Wildman–Crippen LogP) is 2.35. The molecule has 0 aromatic heterocycles. The first-order chi connectivity index (χ1) is 5.74. The van der Waals surface area contributed by atoms with Crippen LogP contribution in [-0.4, -0.2) is 12.3 Å². The lowest BCUT2D eigenvalue weighted by molar-refractivity contribution is 1.14. The van der Waals surface area contributed by atoms with Gasteiger partial charge in [0.1, 0.15) is 0 Å². The van der Waals surface area contributed by atoms with Gasteiger partial charge in [-0.05, 0) is 25.5 Å². The Hall–Kier alpha value is -0.470. The first-order valence-electron chi connectivity index (χ1n) is 4.14. The Morgan fingerprint density at radius 3 is 2.67 bits per heavy atom. The van der Waals surface area contributed by atoms with E-state index in [1.165, 1.54) is 16.0 Å². The van der Waals surface area contributed by atoms with Crippen LogP contribution in [0.5, 0.6) is 0 Å². The minimum Gasteiger partial charge on any atom is -0.330 e. The van der Waals surface area contributed by atoms with E-state index in [0.29, 0.717) is 0 Å². The zero-order valence-corrected chi connectivity index (χ0v) is 8.45. The van der Waals surface area contributed by atoms with E-state index in [9.17, 15) is 0 Å². The van der Waals surface area contributed by atoms with Gasteiger partial charge in [-0.3, -0.25) is 0 Å². The fourth-order valence-electron chi connectivity index (χ4n) is 1.13. The maximum absolute atomic E-state index is 5.44. The van der Waals surface area contributed by atoms with E-state index in [1.807, 2.05) is 11.8 Å². The summed E-state index contributed by atoms with van der Waals surface area (Å²) in [6.45, 7) is 5.01. The molecule has 0 bridgehead atoms. The van der Waals surface area contributed by atoms with Gasteiger partial charge in [-0.25, -0.2) is 0 Å². The minimum atomic E-state index is 0.748. The van der Waals surface area contributed by atoms with E-state index in [0.717, 1.165) is 12.3 Å². The van der Waals surface area contributed by atoms with Gasteiger partial charge in [0.15, 0.2) is 0 Å². The van der Waals surface area contributed by atoms with E-state index >= 15 is 0 Å². The lowest BCUT2D eigenvalue weighted by Gasteiger charge is -2.04. The van der Waals surface area contributed by atoms with E-state index in [2.05, 4.69) is 32.0 Å². The van der Waals surface area contributed by atoms with Crippen molar-refractivity contribution in [3.63, 3.8) is 0 Å². The quantitative estimate of drug-likeness (QED) is 0.724. The van der Waals surface area contributed by atoms with Gasteiger partial charge in [0.05, 0.1) is 0 Å². The van der Waals surface area contributed by atoms with Crippen molar-refractivity contribution in [1.82, 2.24) is 0 Å². The Morgan fingerprint density at radius 1 is 1.33 bits per heavy atom. The molecule has 1 aromatic carbocycles. The lowest BCUT2D eigenvalue weighted by Crippen LogP contribution is -2.01. The summed E-state index contributed by atoms with van der Waals surface area (Å²) in [5.41, 5.74) is 8.11. The smallest absolute Gasteiger partial charge is 0.0103 e. The number of benzene rings is 1. The molecule has 12 heavy (non-hydrogen) atoms. The molecule has 0 spiro atoms. The molecule has 0 atom stereocenters. The van der Waals surface area contributed by atoms with E-state index in [-0.39, 0.29) is 0 Å². The van der Waals surface area contributed by atoms with Gasteiger partial charge >= 0.3 is 0 Å². The van der Waals surface area contributed by atoms with Gasteiger partial charge in [0.2, 0.25) is 0 Å². The van der Waals surface area contributed by atoms with Crippen molar-refractivity contribution in [2.75, 3.05) is 12.3 Å². The molecule has 0 aliphatic carbocycles. The third kappa shape index (κ3) is 2.54. The molecule has 1 nitrogen and oxygen atoms in total. The second-order valence-corrected chi connectivity index (χ2v) is 4.04. The highest BCUT2D eigenvalue weighted by Gasteiger charge is 1.97. The molecular formula is C10H15NS. The summed E-state index contributed by atoms with van der Waals surface area (Å²) in [5.74, 6) is 1.00. The molecular weight excluding hydrogens is 166 g/mol. The molecule has 2 N–H and O–H groups in total. The molecule has 0 amide bonds. The normalized spacial score (nSPS) is 10.2. The van der Waals surface area contributed by atoms with Crippen LogP contribution >= 0.6 is 11.8 Å². The summed E-state index contributed by atoms with van der Waals surface area (Å²) in [6, 6.07) is 6.52. The molecule has 0 radical (unpaired) electrons. The Balaban J connectivity index is 2.72. The summed E-state index contributed by atoms with van der Waals surface area (Å²) in [4.78, 5) is 1.35. The lowest BCUT2D eigenvalue weighted by atomic mass is 10.2. The first kappa shape index (κ1) is 9.62.